The van der Waals surface area contributed by atoms with Crippen LogP contribution >= 0.6 is 12.2 Å². The van der Waals surface area contributed by atoms with Crippen LogP contribution in [-0.4, -0.2) is 27.4 Å². The minimum Gasteiger partial charge on any atom is -0.338 e. The van der Waals surface area contributed by atoms with E-state index >= 15 is 0 Å². The van der Waals surface area contributed by atoms with Crippen molar-refractivity contribution in [2.24, 2.45) is 13.0 Å². The lowest BCUT2D eigenvalue weighted by Gasteiger charge is -2.23. The Morgan fingerprint density at radius 2 is 2.25 bits per heavy atom. The van der Waals surface area contributed by atoms with Gasteiger partial charge >= 0.3 is 0 Å². The molecule has 0 aromatic carbocycles. The molecule has 1 N–H and O–H groups in total. The summed E-state index contributed by atoms with van der Waals surface area (Å²) in [7, 11) is 1.98. The minimum atomic E-state index is 0.683. The highest BCUT2D eigenvalue weighted by Gasteiger charge is 2.31. The fraction of sp³-hybridized carbons (Fsp3) is 0.818. The summed E-state index contributed by atoms with van der Waals surface area (Å²) in [6, 6.07) is 0.683. The van der Waals surface area contributed by atoms with Crippen molar-refractivity contribution in [2.45, 2.75) is 39.2 Å². The van der Waals surface area contributed by atoms with Gasteiger partial charge in [0.1, 0.15) is 0 Å². The van der Waals surface area contributed by atoms with Crippen LogP contribution < -0.4 is 4.90 Å². The number of H-pyrrole nitrogens is 1. The Bertz CT molecular complexity index is 402. The fourth-order valence-corrected chi connectivity index (χ4v) is 1.95. The van der Waals surface area contributed by atoms with Gasteiger partial charge in [-0.1, -0.05) is 13.8 Å². The molecule has 0 amide bonds. The smallest absolute Gasteiger partial charge is 0.225 e. The number of nitrogens with one attached hydrogen (secondary N) is 1. The van der Waals surface area contributed by atoms with Gasteiger partial charge in [0.2, 0.25) is 5.95 Å². The third kappa shape index (κ3) is 2.45. The van der Waals surface area contributed by atoms with E-state index in [2.05, 4.69) is 28.9 Å². The molecule has 90 valence electrons. The topological polar surface area (TPSA) is 36.9 Å². The van der Waals surface area contributed by atoms with Crippen LogP contribution in [0.15, 0.2) is 0 Å². The van der Waals surface area contributed by atoms with Crippen LogP contribution in [0.5, 0.6) is 0 Å². The molecule has 0 bridgehead atoms. The molecule has 0 saturated heterocycles. The summed E-state index contributed by atoms with van der Waals surface area (Å²) >= 11 is 5.15. The molecule has 0 atom stereocenters. The number of aromatic nitrogens is 3. The molecule has 0 unspecified atom stereocenters. The summed E-state index contributed by atoms with van der Waals surface area (Å²) in [5, 5.41) is 7.19. The van der Waals surface area contributed by atoms with E-state index in [1.165, 1.54) is 19.3 Å². The third-order valence-corrected chi connectivity index (χ3v) is 3.41. The lowest BCUT2D eigenvalue weighted by Crippen LogP contribution is -2.30. The average Bonchev–Trinajstić information content (AvgIpc) is 3.00. The Labute approximate surface area is 102 Å². The number of hydrogen-bond donors (Lipinski definition) is 1. The van der Waals surface area contributed by atoms with Crippen LogP contribution in [0.1, 0.15) is 33.1 Å². The molecule has 4 nitrogen and oxygen atoms in total. The summed E-state index contributed by atoms with van der Waals surface area (Å²) in [5.74, 6) is 1.72. The molecule has 1 fully saturated rings. The third-order valence-electron chi connectivity index (χ3n) is 3.05. The highest BCUT2D eigenvalue weighted by molar-refractivity contribution is 7.71. The van der Waals surface area contributed by atoms with Gasteiger partial charge < -0.3 is 4.90 Å². The largest absolute Gasteiger partial charge is 0.338 e. The second-order valence-electron chi connectivity index (χ2n) is 4.99. The highest BCUT2D eigenvalue weighted by atomic mass is 32.1. The Balaban J connectivity index is 2.13. The summed E-state index contributed by atoms with van der Waals surface area (Å²) in [4.78, 5) is 2.40. The van der Waals surface area contributed by atoms with Crippen molar-refractivity contribution in [3.05, 3.63) is 4.77 Å². The van der Waals surface area contributed by atoms with E-state index in [0.29, 0.717) is 10.8 Å². The predicted octanol–water partition coefficient (Wildman–Crippen LogP) is 2.49. The molecule has 1 heterocycles. The van der Waals surface area contributed by atoms with Gasteiger partial charge in [-0.15, -0.1) is 5.10 Å². The molecule has 2 rings (SSSR count). The van der Waals surface area contributed by atoms with Crippen LogP contribution in [0, 0.1) is 10.7 Å². The van der Waals surface area contributed by atoms with Crippen molar-refractivity contribution in [2.75, 3.05) is 11.4 Å². The maximum absolute atomic E-state index is 5.15. The maximum Gasteiger partial charge on any atom is 0.225 e. The Kier molecular flexibility index (Phi) is 3.33. The zero-order chi connectivity index (χ0) is 11.7. The van der Waals surface area contributed by atoms with Gasteiger partial charge in [-0.3, -0.25) is 4.57 Å². The van der Waals surface area contributed by atoms with E-state index in [1.807, 2.05) is 11.6 Å². The van der Waals surface area contributed by atoms with Crippen molar-refractivity contribution in [1.82, 2.24) is 14.8 Å². The van der Waals surface area contributed by atoms with Gasteiger partial charge in [0.05, 0.1) is 0 Å². The Hall–Kier alpha value is -0.840. The van der Waals surface area contributed by atoms with Crippen LogP contribution in [0.25, 0.3) is 0 Å². The lowest BCUT2D eigenvalue weighted by atomic mass is 10.1. The summed E-state index contributed by atoms with van der Waals surface area (Å²) in [6.45, 7) is 5.60. The van der Waals surface area contributed by atoms with E-state index in [0.717, 1.165) is 18.4 Å². The van der Waals surface area contributed by atoms with Crippen LogP contribution in [-0.2, 0) is 7.05 Å². The fourth-order valence-electron chi connectivity index (χ4n) is 1.82. The molecule has 5 heteroatoms. The van der Waals surface area contributed by atoms with Gasteiger partial charge in [-0.05, 0) is 37.4 Å². The maximum atomic E-state index is 5.15. The normalized spacial score (nSPS) is 15.8. The van der Waals surface area contributed by atoms with Gasteiger partial charge in [0.25, 0.3) is 0 Å². The van der Waals surface area contributed by atoms with E-state index in [-0.39, 0.29) is 0 Å². The highest BCUT2D eigenvalue weighted by Crippen LogP contribution is 2.30. The first-order chi connectivity index (χ1) is 7.59. The Morgan fingerprint density at radius 3 is 2.69 bits per heavy atom. The number of nitrogens with zero attached hydrogens (tertiary/aromatic N) is 3. The second kappa shape index (κ2) is 4.57. The standard InChI is InChI=1S/C11H20N4S/c1-8(2)6-7-15(9-4-5-9)10-12-13-11(16)14(10)3/h8-9H,4-7H2,1-3H3,(H,13,16). The number of anilines is 1. The quantitative estimate of drug-likeness (QED) is 0.803. The van der Waals surface area contributed by atoms with Crippen molar-refractivity contribution in [1.29, 1.82) is 0 Å². The summed E-state index contributed by atoms with van der Waals surface area (Å²) in [6.07, 6.45) is 3.78. The second-order valence-corrected chi connectivity index (χ2v) is 5.38. The molecule has 1 aliphatic carbocycles. The van der Waals surface area contributed by atoms with Gasteiger partial charge in [-0.2, -0.15) is 0 Å². The molecule has 1 aromatic rings. The number of aromatic amines is 1. The summed E-state index contributed by atoms with van der Waals surface area (Å²) < 4.78 is 2.67. The van der Waals surface area contributed by atoms with Crippen molar-refractivity contribution in [3.63, 3.8) is 0 Å². The molecule has 1 aromatic heterocycles. The van der Waals surface area contributed by atoms with Crippen LogP contribution in [0.4, 0.5) is 5.95 Å². The zero-order valence-electron chi connectivity index (χ0n) is 10.2. The van der Waals surface area contributed by atoms with Crippen LogP contribution in [0.2, 0.25) is 0 Å². The first-order valence-electron chi connectivity index (χ1n) is 5.97. The van der Waals surface area contributed by atoms with Crippen molar-refractivity contribution < 1.29 is 0 Å². The summed E-state index contributed by atoms with van der Waals surface area (Å²) in [5.41, 5.74) is 0. The molecule has 0 aliphatic heterocycles. The molecule has 1 saturated carbocycles. The van der Waals surface area contributed by atoms with Crippen molar-refractivity contribution in [3.8, 4) is 0 Å². The lowest BCUT2D eigenvalue weighted by molar-refractivity contribution is 0.562. The van der Waals surface area contributed by atoms with E-state index in [1.54, 1.807) is 0 Å². The Morgan fingerprint density at radius 1 is 1.56 bits per heavy atom. The van der Waals surface area contributed by atoms with Gasteiger partial charge in [0, 0.05) is 19.6 Å². The van der Waals surface area contributed by atoms with Gasteiger partial charge in [-0.25, -0.2) is 5.10 Å². The first-order valence-corrected chi connectivity index (χ1v) is 6.38. The SMILES string of the molecule is CC(C)CCN(c1n[nH]c(=S)n1C)C1CC1. The molecule has 0 radical (unpaired) electrons. The molecule has 16 heavy (non-hydrogen) atoms. The minimum absolute atomic E-state index is 0.683. The molecule has 1 aliphatic rings. The zero-order valence-corrected chi connectivity index (χ0v) is 11.0. The van der Waals surface area contributed by atoms with Gasteiger partial charge in [0.15, 0.2) is 4.77 Å². The predicted molar refractivity (Wildman–Crippen MR) is 68.2 cm³/mol. The van der Waals surface area contributed by atoms with Crippen molar-refractivity contribution >= 4 is 18.2 Å². The average molecular weight is 240 g/mol. The monoisotopic (exact) mass is 240 g/mol. The number of hydrogen-bond acceptors (Lipinski definition) is 3. The first kappa shape index (κ1) is 11.6. The molecular weight excluding hydrogens is 220 g/mol. The number of rotatable bonds is 5. The van der Waals surface area contributed by atoms with Crippen LogP contribution in [0.3, 0.4) is 0 Å². The van der Waals surface area contributed by atoms with E-state index < -0.39 is 0 Å². The molecular formula is C11H20N4S. The van der Waals surface area contributed by atoms with E-state index in [4.69, 9.17) is 12.2 Å². The molecule has 0 spiro atoms. The van der Waals surface area contributed by atoms with E-state index in [9.17, 15) is 0 Å².